The van der Waals surface area contributed by atoms with Crippen molar-refractivity contribution in [2.24, 2.45) is 17.8 Å². The number of unbranched alkanes of at least 4 members (excludes halogenated alkanes) is 3. The molecular weight excluding hydrogens is 395 g/mol. The standard InChI is InChI=1S/C30H41FO/c1-3-5-7-8-9-22-10-11-24-18-25(13-12-23(24)17-22)26-14-15-27-19-28(32-16-6-4-2)21-30(31)29(27)20-26/h4,6,14-15,19-25H,3,5,7-13,16-18H2,1-2H3. The number of rotatable bonds is 9. The van der Waals surface area contributed by atoms with Gasteiger partial charge in [0, 0.05) is 11.5 Å². The zero-order chi connectivity index (χ0) is 22.3. The Hall–Kier alpha value is -1.83. The molecule has 174 valence electrons. The predicted molar refractivity (Wildman–Crippen MR) is 134 cm³/mol. The van der Waals surface area contributed by atoms with Crippen LogP contribution in [0.15, 0.2) is 42.5 Å². The number of allylic oxidation sites excluding steroid dienone is 1. The first kappa shape index (κ1) is 23.3. The molecule has 0 radical (unpaired) electrons. The Morgan fingerprint density at radius 1 is 0.969 bits per heavy atom. The van der Waals surface area contributed by atoms with E-state index in [-0.39, 0.29) is 5.82 Å². The van der Waals surface area contributed by atoms with Crippen LogP contribution in [0.5, 0.6) is 5.75 Å². The van der Waals surface area contributed by atoms with E-state index in [4.69, 9.17) is 4.74 Å². The molecule has 2 fully saturated rings. The fraction of sp³-hybridized carbons (Fsp3) is 0.600. The van der Waals surface area contributed by atoms with Crippen LogP contribution in [0.1, 0.15) is 96.0 Å². The molecule has 0 amide bonds. The summed E-state index contributed by atoms with van der Waals surface area (Å²) in [7, 11) is 0. The summed E-state index contributed by atoms with van der Waals surface area (Å²) in [6.45, 7) is 4.73. The summed E-state index contributed by atoms with van der Waals surface area (Å²) in [6.07, 6.45) is 19.2. The van der Waals surface area contributed by atoms with Crippen LogP contribution < -0.4 is 4.74 Å². The van der Waals surface area contributed by atoms with Gasteiger partial charge in [-0.15, -0.1) is 0 Å². The minimum absolute atomic E-state index is 0.169. The SMILES string of the molecule is CC=CCOc1cc(F)c2cc(C3CCC4CC(CCCCCC)CCC4C3)ccc2c1. The topological polar surface area (TPSA) is 9.23 Å². The first-order chi connectivity index (χ1) is 15.7. The van der Waals surface area contributed by atoms with Gasteiger partial charge in [0.2, 0.25) is 0 Å². The van der Waals surface area contributed by atoms with Gasteiger partial charge < -0.3 is 4.74 Å². The molecule has 0 aromatic heterocycles. The molecule has 2 aliphatic rings. The second kappa shape index (κ2) is 11.3. The van der Waals surface area contributed by atoms with Crippen molar-refractivity contribution in [3.63, 3.8) is 0 Å². The summed E-state index contributed by atoms with van der Waals surface area (Å²) in [6, 6.07) is 9.95. The molecule has 32 heavy (non-hydrogen) atoms. The van der Waals surface area contributed by atoms with E-state index in [2.05, 4.69) is 25.1 Å². The Morgan fingerprint density at radius 2 is 1.81 bits per heavy atom. The molecule has 4 rings (SSSR count). The van der Waals surface area contributed by atoms with E-state index in [0.717, 1.165) is 28.5 Å². The van der Waals surface area contributed by atoms with Gasteiger partial charge in [0.1, 0.15) is 18.2 Å². The molecule has 2 heteroatoms. The fourth-order valence-corrected chi connectivity index (χ4v) is 6.29. The molecule has 4 atom stereocenters. The van der Waals surface area contributed by atoms with Crippen molar-refractivity contribution in [3.8, 4) is 5.75 Å². The molecule has 1 nitrogen and oxygen atoms in total. The van der Waals surface area contributed by atoms with Crippen molar-refractivity contribution in [1.82, 2.24) is 0 Å². The van der Waals surface area contributed by atoms with Crippen LogP contribution in [0.25, 0.3) is 10.8 Å². The Labute approximate surface area is 194 Å². The molecule has 0 aliphatic heterocycles. The molecule has 0 spiro atoms. The summed E-state index contributed by atoms with van der Waals surface area (Å²) >= 11 is 0. The van der Waals surface area contributed by atoms with Crippen molar-refractivity contribution in [1.29, 1.82) is 0 Å². The molecule has 4 unspecified atom stereocenters. The average Bonchev–Trinajstić information content (AvgIpc) is 2.81. The number of halogens is 1. The number of hydrogen-bond donors (Lipinski definition) is 0. The largest absolute Gasteiger partial charge is 0.489 e. The lowest BCUT2D eigenvalue weighted by molar-refractivity contribution is 0.113. The number of ether oxygens (including phenoxy) is 1. The molecule has 2 aliphatic carbocycles. The van der Waals surface area contributed by atoms with Crippen molar-refractivity contribution < 1.29 is 9.13 Å². The van der Waals surface area contributed by atoms with E-state index in [1.165, 1.54) is 82.3 Å². The Kier molecular flexibility index (Phi) is 8.27. The number of hydrogen-bond acceptors (Lipinski definition) is 1. The Morgan fingerprint density at radius 3 is 2.66 bits per heavy atom. The van der Waals surface area contributed by atoms with Gasteiger partial charge >= 0.3 is 0 Å². The van der Waals surface area contributed by atoms with Crippen molar-refractivity contribution in [2.75, 3.05) is 6.61 Å². The first-order valence-corrected chi connectivity index (χ1v) is 13.1. The molecule has 2 saturated carbocycles. The van der Waals surface area contributed by atoms with Gasteiger partial charge in [0.15, 0.2) is 0 Å². The molecule has 0 bridgehead atoms. The third kappa shape index (κ3) is 5.74. The van der Waals surface area contributed by atoms with Gasteiger partial charge in [-0.25, -0.2) is 4.39 Å². The van der Waals surface area contributed by atoms with Crippen molar-refractivity contribution >= 4 is 10.8 Å². The summed E-state index contributed by atoms with van der Waals surface area (Å²) in [4.78, 5) is 0. The smallest absolute Gasteiger partial charge is 0.134 e. The van der Waals surface area contributed by atoms with E-state index in [9.17, 15) is 4.39 Å². The molecule has 2 aromatic rings. The van der Waals surface area contributed by atoms with Crippen molar-refractivity contribution in [2.45, 2.75) is 90.4 Å². The van der Waals surface area contributed by atoms with Gasteiger partial charge in [-0.05, 0) is 85.8 Å². The monoisotopic (exact) mass is 436 g/mol. The van der Waals surface area contributed by atoms with Crippen LogP contribution in [-0.4, -0.2) is 6.61 Å². The second-order valence-electron chi connectivity index (χ2n) is 10.3. The quantitative estimate of drug-likeness (QED) is 0.281. The van der Waals surface area contributed by atoms with E-state index >= 15 is 0 Å². The minimum atomic E-state index is -0.169. The van der Waals surface area contributed by atoms with Crippen LogP contribution in [0.3, 0.4) is 0 Å². The first-order valence-electron chi connectivity index (χ1n) is 13.1. The maximum absolute atomic E-state index is 14.9. The van der Waals surface area contributed by atoms with Crippen LogP contribution in [0, 0.1) is 23.6 Å². The zero-order valence-corrected chi connectivity index (χ0v) is 20.1. The molecule has 2 aromatic carbocycles. The van der Waals surface area contributed by atoms with Crippen molar-refractivity contribution in [3.05, 3.63) is 53.9 Å². The van der Waals surface area contributed by atoms with Gasteiger partial charge in [0.25, 0.3) is 0 Å². The Bertz CT molecular complexity index is 901. The van der Waals surface area contributed by atoms with Gasteiger partial charge in [0.05, 0.1) is 0 Å². The zero-order valence-electron chi connectivity index (χ0n) is 20.1. The predicted octanol–water partition coefficient (Wildman–Crippen LogP) is 9.20. The fourth-order valence-electron chi connectivity index (χ4n) is 6.29. The highest BCUT2D eigenvalue weighted by molar-refractivity contribution is 5.85. The highest BCUT2D eigenvalue weighted by Gasteiger charge is 2.35. The summed E-state index contributed by atoms with van der Waals surface area (Å²) in [5, 5.41) is 1.67. The van der Waals surface area contributed by atoms with E-state index in [1.807, 2.05) is 25.1 Å². The second-order valence-corrected chi connectivity index (χ2v) is 10.3. The minimum Gasteiger partial charge on any atom is -0.489 e. The maximum atomic E-state index is 14.9. The van der Waals surface area contributed by atoms with Crippen LogP contribution in [0.4, 0.5) is 4.39 Å². The van der Waals surface area contributed by atoms with E-state index < -0.39 is 0 Å². The van der Waals surface area contributed by atoms with Crippen LogP contribution >= 0.6 is 0 Å². The van der Waals surface area contributed by atoms with Crippen LogP contribution in [0.2, 0.25) is 0 Å². The third-order valence-corrected chi connectivity index (χ3v) is 8.14. The highest BCUT2D eigenvalue weighted by atomic mass is 19.1. The van der Waals surface area contributed by atoms with Gasteiger partial charge in [-0.3, -0.25) is 0 Å². The average molecular weight is 437 g/mol. The summed E-state index contributed by atoms with van der Waals surface area (Å²) < 4.78 is 20.5. The maximum Gasteiger partial charge on any atom is 0.134 e. The third-order valence-electron chi connectivity index (χ3n) is 8.14. The van der Waals surface area contributed by atoms with Gasteiger partial charge in [-0.1, -0.05) is 69.7 Å². The lowest BCUT2D eigenvalue weighted by atomic mass is 9.63. The molecule has 0 N–H and O–H groups in total. The molecule has 0 heterocycles. The summed E-state index contributed by atoms with van der Waals surface area (Å²) in [5.74, 6) is 3.81. The van der Waals surface area contributed by atoms with E-state index in [1.54, 1.807) is 0 Å². The number of benzene rings is 2. The summed E-state index contributed by atoms with van der Waals surface area (Å²) in [5.41, 5.74) is 1.33. The van der Waals surface area contributed by atoms with E-state index in [0.29, 0.717) is 18.3 Å². The number of fused-ring (bicyclic) bond motifs is 2. The lowest BCUT2D eigenvalue weighted by Gasteiger charge is -2.42. The van der Waals surface area contributed by atoms with Gasteiger partial charge in [-0.2, -0.15) is 0 Å². The van der Waals surface area contributed by atoms with Crippen LogP contribution in [-0.2, 0) is 0 Å². The normalized spacial score (nSPS) is 25.8. The molecule has 0 saturated heterocycles. The molecular formula is C30H41FO. The lowest BCUT2D eigenvalue weighted by Crippen LogP contribution is -2.30. The Balaban J connectivity index is 1.37. The highest BCUT2D eigenvalue weighted by Crippen LogP contribution is 2.48.